The lowest BCUT2D eigenvalue weighted by molar-refractivity contribution is -0.170. The minimum atomic E-state index is -1.65. The zero-order valence-electron chi connectivity index (χ0n) is 12.9. The summed E-state index contributed by atoms with van der Waals surface area (Å²) < 4.78 is 9.41. The van der Waals surface area contributed by atoms with E-state index in [0.29, 0.717) is 0 Å². The van der Waals surface area contributed by atoms with E-state index in [-0.39, 0.29) is 18.6 Å². The Bertz CT molecular complexity index is 441. The maximum atomic E-state index is 12.1. The molecule has 0 spiro atoms. The summed E-state index contributed by atoms with van der Waals surface area (Å²) in [5.74, 6) is -1.90. The molecule has 0 aliphatic carbocycles. The topological polar surface area (TPSA) is 69.7 Å². The largest absolute Gasteiger partial charge is 0.468 e. The van der Waals surface area contributed by atoms with Gasteiger partial charge in [0.1, 0.15) is 0 Å². The van der Waals surface area contributed by atoms with Crippen LogP contribution in [0.3, 0.4) is 0 Å². The molecule has 0 rings (SSSR count). The van der Waals surface area contributed by atoms with E-state index in [4.69, 9.17) is 9.47 Å². The summed E-state index contributed by atoms with van der Waals surface area (Å²) >= 11 is 0. The Morgan fingerprint density at radius 1 is 0.952 bits per heavy atom. The Labute approximate surface area is 125 Å². The van der Waals surface area contributed by atoms with Crippen LogP contribution in [-0.4, -0.2) is 31.9 Å². The molecule has 0 atom stereocenters. The maximum absolute atomic E-state index is 12.1. The highest BCUT2D eigenvalue weighted by Crippen LogP contribution is 2.31. The number of carbonyl (C=O) groups is 3. The van der Waals surface area contributed by atoms with Crippen LogP contribution < -0.4 is 0 Å². The molecular formula is C16H22O5. The molecule has 0 saturated carbocycles. The Balaban J connectivity index is 5.57. The van der Waals surface area contributed by atoms with Gasteiger partial charge in [-0.1, -0.05) is 30.4 Å². The summed E-state index contributed by atoms with van der Waals surface area (Å²) in [6.07, 6.45) is 9.49. The minimum absolute atomic E-state index is 0.0278. The number of allylic oxidation sites excluding steroid dienone is 6. The van der Waals surface area contributed by atoms with Gasteiger partial charge in [0.05, 0.1) is 14.2 Å². The van der Waals surface area contributed by atoms with Gasteiger partial charge in [0.25, 0.3) is 0 Å². The van der Waals surface area contributed by atoms with E-state index < -0.39 is 17.4 Å². The Morgan fingerprint density at radius 2 is 1.52 bits per heavy atom. The molecule has 0 aliphatic heterocycles. The molecule has 5 nitrogen and oxygen atoms in total. The van der Waals surface area contributed by atoms with Crippen LogP contribution in [0.25, 0.3) is 0 Å². The van der Waals surface area contributed by atoms with E-state index in [0.717, 1.165) is 0 Å². The van der Waals surface area contributed by atoms with Crippen molar-refractivity contribution in [1.29, 1.82) is 0 Å². The molecule has 0 heterocycles. The van der Waals surface area contributed by atoms with Crippen molar-refractivity contribution < 1.29 is 23.9 Å². The molecule has 5 heteroatoms. The average molecular weight is 294 g/mol. The normalized spacial score (nSPS) is 12.2. The first-order chi connectivity index (χ1) is 9.98. The molecule has 0 unspecified atom stereocenters. The van der Waals surface area contributed by atoms with E-state index >= 15 is 0 Å². The maximum Gasteiger partial charge on any atom is 0.324 e. The van der Waals surface area contributed by atoms with Crippen LogP contribution in [0.5, 0.6) is 0 Å². The lowest BCUT2D eigenvalue weighted by Gasteiger charge is -2.25. The number of esters is 2. The molecule has 21 heavy (non-hydrogen) atoms. The summed E-state index contributed by atoms with van der Waals surface area (Å²) in [5.41, 5.74) is -1.65. The third-order valence-corrected chi connectivity index (χ3v) is 2.89. The van der Waals surface area contributed by atoms with E-state index in [1.807, 2.05) is 6.92 Å². The molecule has 0 aliphatic rings. The highest BCUT2D eigenvalue weighted by molar-refractivity contribution is 6.05. The van der Waals surface area contributed by atoms with Gasteiger partial charge < -0.3 is 9.47 Å². The fourth-order valence-electron chi connectivity index (χ4n) is 1.86. The average Bonchev–Trinajstić information content (AvgIpc) is 2.48. The SMILES string of the molecule is C/C=C/C=C\CC(CC(=O)/C=C/C)(C(=O)OC)C(=O)OC. The van der Waals surface area contributed by atoms with Gasteiger partial charge in [-0.2, -0.15) is 0 Å². The number of hydrogen-bond donors (Lipinski definition) is 0. The molecule has 0 aromatic rings. The molecule has 0 bridgehead atoms. The van der Waals surface area contributed by atoms with Crippen molar-refractivity contribution in [3.63, 3.8) is 0 Å². The lowest BCUT2D eigenvalue weighted by atomic mass is 9.79. The van der Waals surface area contributed by atoms with Gasteiger partial charge in [-0.15, -0.1) is 0 Å². The smallest absolute Gasteiger partial charge is 0.324 e. The predicted octanol–water partition coefficient (Wildman–Crippen LogP) is 2.38. The predicted molar refractivity (Wildman–Crippen MR) is 79.5 cm³/mol. The number of carbonyl (C=O) groups excluding carboxylic acids is 3. The molecule has 0 amide bonds. The fourth-order valence-corrected chi connectivity index (χ4v) is 1.86. The van der Waals surface area contributed by atoms with Gasteiger partial charge in [-0.3, -0.25) is 14.4 Å². The summed E-state index contributed by atoms with van der Waals surface area (Å²) in [7, 11) is 2.35. The van der Waals surface area contributed by atoms with Gasteiger partial charge >= 0.3 is 11.9 Å². The summed E-state index contributed by atoms with van der Waals surface area (Å²) in [4.78, 5) is 36.0. The van der Waals surface area contributed by atoms with Crippen LogP contribution >= 0.6 is 0 Å². The third-order valence-electron chi connectivity index (χ3n) is 2.89. The van der Waals surface area contributed by atoms with E-state index in [1.165, 1.54) is 20.3 Å². The quantitative estimate of drug-likeness (QED) is 0.297. The first-order valence-electron chi connectivity index (χ1n) is 6.58. The van der Waals surface area contributed by atoms with Crippen molar-refractivity contribution in [2.24, 2.45) is 5.41 Å². The van der Waals surface area contributed by atoms with Gasteiger partial charge in [0.2, 0.25) is 0 Å². The number of rotatable bonds is 8. The minimum Gasteiger partial charge on any atom is -0.468 e. The summed E-state index contributed by atoms with van der Waals surface area (Å²) in [6.45, 7) is 3.52. The molecule has 0 N–H and O–H groups in total. The standard InChI is InChI=1S/C16H22O5/c1-5-7-8-9-11-16(14(18)20-3,15(19)21-4)12-13(17)10-6-2/h5-10H,11-12H2,1-4H3/b7-5+,9-8-,10-6+. The molecular weight excluding hydrogens is 272 g/mol. The molecule has 0 aromatic carbocycles. The third kappa shape index (κ3) is 5.38. The Morgan fingerprint density at radius 3 is 1.95 bits per heavy atom. The van der Waals surface area contributed by atoms with Crippen LogP contribution in [0.2, 0.25) is 0 Å². The summed E-state index contributed by atoms with van der Waals surface area (Å²) in [6, 6.07) is 0. The molecule has 116 valence electrons. The lowest BCUT2D eigenvalue weighted by Crippen LogP contribution is -2.42. The number of ketones is 1. The Kier molecular flexibility index (Phi) is 8.69. The van der Waals surface area contributed by atoms with Crippen LogP contribution in [0, 0.1) is 5.41 Å². The first-order valence-corrected chi connectivity index (χ1v) is 6.58. The molecule has 0 radical (unpaired) electrons. The highest BCUT2D eigenvalue weighted by Gasteiger charge is 2.48. The van der Waals surface area contributed by atoms with Crippen LogP contribution in [0.4, 0.5) is 0 Å². The number of ether oxygens (including phenoxy) is 2. The number of methoxy groups -OCH3 is 2. The highest BCUT2D eigenvalue weighted by atomic mass is 16.5. The van der Waals surface area contributed by atoms with Crippen LogP contribution in [0.15, 0.2) is 36.5 Å². The van der Waals surface area contributed by atoms with E-state index in [9.17, 15) is 14.4 Å². The zero-order chi connectivity index (χ0) is 16.3. The van der Waals surface area contributed by atoms with Gasteiger partial charge in [-0.25, -0.2) is 0 Å². The second-order valence-corrected chi connectivity index (χ2v) is 4.37. The summed E-state index contributed by atoms with van der Waals surface area (Å²) in [5, 5.41) is 0. The van der Waals surface area contributed by atoms with E-state index in [1.54, 1.807) is 37.3 Å². The van der Waals surface area contributed by atoms with Crippen LogP contribution in [-0.2, 0) is 23.9 Å². The van der Waals surface area contributed by atoms with Crippen LogP contribution in [0.1, 0.15) is 26.7 Å². The first kappa shape index (κ1) is 18.8. The van der Waals surface area contributed by atoms with Crippen molar-refractivity contribution in [3.05, 3.63) is 36.5 Å². The van der Waals surface area contributed by atoms with Gasteiger partial charge in [0, 0.05) is 6.42 Å². The Hall–Kier alpha value is -2.17. The monoisotopic (exact) mass is 294 g/mol. The van der Waals surface area contributed by atoms with Crippen molar-refractivity contribution in [2.45, 2.75) is 26.7 Å². The zero-order valence-corrected chi connectivity index (χ0v) is 12.9. The van der Waals surface area contributed by atoms with Gasteiger partial charge in [0.15, 0.2) is 11.2 Å². The van der Waals surface area contributed by atoms with Crippen molar-refractivity contribution in [3.8, 4) is 0 Å². The second-order valence-electron chi connectivity index (χ2n) is 4.37. The fraction of sp³-hybridized carbons (Fsp3) is 0.438. The van der Waals surface area contributed by atoms with Crippen molar-refractivity contribution >= 4 is 17.7 Å². The molecule has 0 aromatic heterocycles. The molecule has 0 saturated heterocycles. The van der Waals surface area contributed by atoms with Crippen molar-refractivity contribution in [2.75, 3.05) is 14.2 Å². The van der Waals surface area contributed by atoms with E-state index in [2.05, 4.69) is 0 Å². The number of hydrogen-bond acceptors (Lipinski definition) is 5. The molecule has 0 fully saturated rings. The van der Waals surface area contributed by atoms with Gasteiger partial charge in [-0.05, 0) is 26.3 Å². The van der Waals surface area contributed by atoms with Crippen molar-refractivity contribution in [1.82, 2.24) is 0 Å². The second kappa shape index (κ2) is 9.69.